The summed E-state index contributed by atoms with van der Waals surface area (Å²) in [6, 6.07) is 9.69. The molecule has 2 rings (SSSR count). The predicted molar refractivity (Wildman–Crippen MR) is 72.8 cm³/mol. The van der Waals surface area contributed by atoms with Gasteiger partial charge in [-0.3, -0.25) is 9.59 Å². The van der Waals surface area contributed by atoms with Crippen molar-refractivity contribution >= 4 is 11.8 Å². The van der Waals surface area contributed by atoms with Crippen LogP contribution in [0.3, 0.4) is 0 Å². The molecule has 1 aromatic rings. The van der Waals surface area contributed by atoms with Crippen molar-refractivity contribution in [3.8, 4) is 0 Å². The first kappa shape index (κ1) is 13.8. The zero-order valence-corrected chi connectivity index (χ0v) is 11.9. The fourth-order valence-electron chi connectivity index (χ4n) is 2.48. The summed E-state index contributed by atoms with van der Waals surface area (Å²) in [6.45, 7) is 6.93. The molecule has 0 spiro atoms. The summed E-state index contributed by atoms with van der Waals surface area (Å²) < 4.78 is 5.42. The Labute approximate surface area is 114 Å². The lowest BCUT2D eigenvalue weighted by Crippen LogP contribution is -2.34. The number of hydrogen-bond acceptors (Lipinski definition) is 3. The van der Waals surface area contributed by atoms with Crippen molar-refractivity contribution in [1.82, 2.24) is 0 Å². The summed E-state index contributed by atoms with van der Waals surface area (Å²) in [4.78, 5) is 24.3. The van der Waals surface area contributed by atoms with Crippen LogP contribution in [-0.2, 0) is 14.3 Å². The van der Waals surface area contributed by atoms with Gasteiger partial charge in [-0.2, -0.15) is 0 Å². The molecule has 3 heteroatoms. The number of benzene rings is 1. The molecule has 2 atom stereocenters. The quantitative estimate of drug-likeness (QED) is 0.619. The van der Waals surface area contributed by atoms with Crippen LogP contribution in [0, 0.1) is 5.41 Å². The molecule has 1 aliphatic carbocycles. The molecule has 1 aliphatic rings. The molecule has 3 nitrogen and oxygen atoms in total. The van der Waals surface area contributed by atoms with Crippen molar-refractivity contribution in [2.75, 3.05) is 0 Å². The summed E-state index contributed by atoms with van der Waals surface area (Å²) in [6.07, 6.45) is 0.557. The Hall–Kier alpha value is -1.64. The van der Waals surface area contributed by atoms with Gasteiger partial charge in [0.1, 0.15) is 16.8 Å². The second-order valence-electron chi connectivity index (χ2n) is 6.20. The molecule has 0 N–H and O–H groups in total. The van der Waals surface area contributed by atoms with Gasteiger partial charge in [0, 0.05) is 5.92 Å². The topological polar surface area (TPSA) is 43.4 Å². The van der Waals surface area contributed by atoms with Gasteiger partial charge in [-0.15, -0.1) is 0 Å². The second kappa shape index (κ2) is 4.48. The minimum Gasteiger partial charge on any atom is -0.459 e. The Bertz CT molecular complexity index is 498. The van der Waals surface area contributed by atoms with Gasteiger partial charge >= 0.3 is 5.97 Å². The van der Waals surface area contributed by atoms with Crippen LogP contribution in [0.4, 0.5) is 0 Å². The van der Waals surface area contributed by atoms with Crippen molar-refractivity contribution in [2.24, 2.45) is 5.41 Å². The summed E-state index contributed by atoms with van der Waals surface area (Å²) >= 11 is 0. The number of Topliss-reactive ketones (excluding diaryl/α,β-unsaturated/α-hetero) is 1. The minimum absolute atomic E-state index is 0.0407. The lowest BCUT2D eigenvalue weighted by molar-refractivity contribution is -0.164. The van der Waals surface area contributed by atoms with E-state index < -0.39 is 11.0 Å². The van der Waals surface area contributed by atoms with Crippen molar-refractivity contribution < 1.29 is 14.3 Å². The number of rotatable bonds is 3. The molecule has 0 saturated heterocycles. The highest BCUT2D eigenvalue weighted by Crippen LogP contribution is 2.60. The minimum atomic E-state index is -0.964. The summed E-state index contributed by atoms with van der Waals surface area (Å²) in [5, 5.41) is 0. The fraction of sp³-hybridized carbons (Fsp3) is 0.500. The van der Waals surface area contributed by atoms with E-state index in [1.54, 1.807) is 0 Å². The van der Waals surface area contributed by atoms with Crippen LogP contribution < -0.4 is 0 Å². The monoisotopic (exact) mass is 260 g/mol. The van der Waals surface area contributed by atoms with Crippen LogP contribution in [0.1, 0.15) is 45.6 Å². The largest absolute Gasteiger partial charge is 0.459 e. The zero-order valence-electron chi connectivity index (χ0n) is 11.9. The van der Waals surface area contributed by atoms with Gasteiger partial charge in [0.15, 0.2) is 0 Å². The second-order valence-corrected chi connectivity index (χ2v) is 6.20. The Morgan fingerprint density at radius 3 is 2.26 bits per heavy atom. The van der Waals surface area contributed by atoms with Crippen LogP contribution >= 0.6 is 0 Å². The van der Waals surface area contributed by atoms with E-state index in [2.05, 4.69) is 0 Å². The zero-order chi connectivity index (χ0) is 14.3. The molecule has 0 radical (unpaired) electrons. The number of ether oxygens (including phenoxy) is 1. The fourth-order valence-corrected chi connectivity index (χ4v) is 2.48. The van der Waals surface area contributed by atoms with Crippen LogP contribution in [0.2, 0.25) is 0 Å². The molecular weight excluding hydrogens is 240 g/mol. The van der Waals surface area contributed by atoms with Gasteiger partial charge in [-0.05, 0) is 39.7 Å². The maximum atomic E-state index is 12.3. The van der Waals surface area contributed by atoms with E-state index in [9.17, 15) is 9.59 Å². The third-order valence-corrected chi connectivity index (χ3v) is 3.55. The van der Waals surface area contributed by atoms with E-state index in [1.165, 1.54) is 6.92 Å². The molecular formula is C16H20O3. The first-order chi connectivity index (χ1) is 8.77. The van der Waals surface area contributed by atoms with E-state index in [1.807, 2.05) is 51.1 Å². The van der Waals surface area contributed by atoms with Crippen LogP contribution in [0.25, 0.3) is 0 Å². The smallest absolute Gasteiger partial charge is 0.320 e. The van der Waals surface area contributed by atoms with Gasteiger partial charge in [0.2, 0.25) is 0 Å². The van der Waals surface area contributed by atoms with E-state index >= 15 is 0 Å². The van der Waals surface area contributed by atoms with Gasteiger partial charge in [-0.25, -0.2) is 0 Å². The van der Waals surface area contributed by atoms with Crippen LogP contribution in [0.5, 0.6) is 0 Å². The molecule has 1 fully saturated rings. The molecule has 1 aromatic carbocycles. The Morgan fingerprint density at radius 2 is 1.79 bits per heavy atom. The molecule has 0 unspecified atom stereocenters. The predicted octanol–water partition coefficient (Wildman–Crippen LogP) is 3.09. The van der Waals surface area contributed by atoms with Gasteiger partial charge in [0.25, 0.3) is 0 Å². The highest BCUT2D eigenvalue weighted by molar-refractivity contribution is 6.07. The third kappa shape index (κ3) is 2.55. The summed E-state index contributed by atoms with van der Waals surface area (Å²) in [5.41, 5.74) is -0.499. The van der Waals surface area contributed by atoms with Gasteiger partial charge < -0.3 is 4.74 Å². The Morgan fingerprint density at radius 1 is 1.21 bits per heavy atom. The molecule has 0 amide bonds. The van der Waals surface area contributed by atoms with Crippen LogP contribution in [-0.4, -0.2) is 17.4 Å². The molecule has 0 aromatic heterocycles. The Kier molecular flexibility index (Phi) is 3.25. The molecule has 1 saturated carbocycles. The van der Waals surface area contributed by atoms with Crippen molar-refractivity contribution in [2.45, 2.75) is 45.6 Å². The average molecular weight is 260 g/mol. The van der Waals surface area contributed by atoms with E-state index in [0.29, 0.717) is 6.42 Å². The highest BCUT2D eigenvalue weighted by Gasteiger charge is 2.65. The van der Waals surface area contributed by atoms with Crippen LogP contribution in [0.15, 0.2) is 30.3 Å². The van der Waals surface area contributed by atoms with Gasteiger partial charge in [0.05, 0.1) is 0 Å². The van der Waals surface area contributed by atoms with E-state index in [4.69, 9.17) is 4.74 Å². The molecule has 0 heterocycles. The molecule has 0 aliphatic heterocycles. The summed E-state index contributed by atoms with van der Waals surface area (Å²) in [7, 11) is 0. The normalized spacial score (nSPS) is 25.8. The van der Waals surface area contributed by atoms with Crippen molar-refractivity contribution in [1.29, 1.82) is 0 Å². The maximum absolute atomic E-state index is 12.3. The first-order valence-corrected chi connectivity index (χ1v) is 6.57. The Balaban J connectivity index is 2.24. The third-order valence-electron chi connectivity index (χ3n) is 3.55. The maximum Gasteiger partial charge on any atom is 0.320 e. The number of carbonyl (C=O) groups excluding carboxylic acids is 2. The number of hydrogen-bond donors (Lipinski definition) is 0. The lowest BCUT2D eigenvalue weighted by Gasteiger charge is -2.23. The SMILES string of the molecule is CC(=O)[C@@]1(C(=O)OC(C)(C)C)C[C@H]1c1ccccc1. The van der Waals surface area contributed by atoms with Crippen molar-refractivity contribution in [3.63, 3.8) is 0 Å². The first-order valence-electron chi connectivity index (χ1n) is 6.57. The van der Waals surface area contributed by atoms with E-state index in [0.717, 1.165) is 5.56 Å². The highest BCUT2D eigenvalue weighted by atomic mass is 16.6. The summed E-state index contributed by atoms with van der Waals surface area (Å²) in [5.74, 6) is -0.530. The molecule has 0 bridgehead atoms. The number of carbonyl (C=O) groups is 2. The standard InChI is InChI=1S/C16H20O3/c1-11(17)16(14(18)19-15(2,3)4)10-13(16)12-8-6-5-7-9-12/h5-9,13H,10H2,1-4H3/t13-,16-/m0/s1. The lowest BCUT2D eigenvalue weighted by atomic mass is 9.95. The van der Waals surface area contributed by atoms with E-state index in [-0.39, 0.29) is 17.7 Å². The van der Waals surface area contributed by atoms with Gasteiger partial charge in [-0.1, -0.05) is 30.3 Å². The molecule has 19 heavy (non-hydrogen) atoms. The number of ketones is 1. The van der Waals surface area contributed by atoms with Crippen molar-refractivity contribution in [3.05, 3.63) is 35.9 Å². The average Bonchev–Trinajstić information content (AvgIpc) is 3.04. The molecule has 102 valence electrons. The number of esters is 1.